The van der Waals surface area contributed by atoms with Gasteiger partial charge in [0.1, 0.15) is 12.6 Å². The summed E-state index contributed by atoms with van der Waals surface area (Å²) in [5, 5.41) is 11.1. The summed E-state index contributed by atoms with van der Waals surface area (Å²) in [6.45, 7) is -0.280. The molecule has 1 unspecified atom stereocenters. The van der Waals surface area contributed by atoms with Crippen molar-refractivity contribution in [2.45, 2.75) is 18.9 Å². The Balaban J connectivity index is 2.23. The Kier molecular flexibility index (Phi) is 3.76. The molecule has 1 aliphatic heterocycles. The van der Waals surface area contributed by atoms with Crippen LogP contribution in [0.4, 0.5) is 0 Å². The number of nitrogens with one attached hydrogen (secondary N) is 1. The van der Waals surface area contributed by atoms with Gasteiger partial charge in [0.25, 0.3) is 0 Å². The summed E-state index contributed by atoms with van der Waals surface area (Å²) in [5.74, 6) is 4.58. The van der Waals surface area contributed by atoms with E-state index in [1.165, 1.54) is 9.13 Å². The van der Waals surface area contributed by atoms with Crippen LogP contribution in [0.2, 0.25) is 0 Å². The molecule has 3 rings (SSSR count). The molecule has 0 bridgehead atoms. The number of carbonyl (C=O) groups is 2. The number of carbonyl (C=O) groups excluding carboxylic acids is 2. The van der Waals surface area contributed by atoms with Crippen molar-refractivity contribution in [1.29, 1.82) is 0 Å². The van der Waals surface area contributed by atoms with Crippen LogP contribution < -0.4 is 11.0 Å². The normalized spacial score (nSPS) is 17.7. The number of aliphatic hydroxyl groups excluding tert-OH is 1. The van der Waals surface area contributed by atoms with E-state index in [-0.39, 0.29) is 31.0 Å². The maximum atomic E-state index is 12.6. The van der Waals surface area contributed by atoms with Gasteiger partial charge in [-0.3, -0.25) is 24.0 Å². The Morgan fingerprint density at radius 3 is 2.83 bits per heavy atom. The number of hydrogen-bond acceptors (Lipinski definition) is 4. The summed E-state index contributed by atoms with van der Waals surface area (Å²) in [4.78, 5) is 36.0. The lowest BCUT2D eigenvalue weighted by Crippen LogP contribution is -2.44. The highest BCUT2D eigenvalue weighted by Crippen LogP contribution is 2.24. The monoisotopic (exact) mass is 313 g/mol. The zero-order chi connectivity index (χ0) is 16.6. The lowest BCUT2D eigenvalue weighted by molar-refractivity contribution is -0.135. The topological polar surface area (TPSA) is 93.3 Å². The van der Waals surface area contributed by atoms with Gasteiger partial charge in [0.05, 0.1) is 16.6 Å². The molecule has 2 N–H and O–H groups in total. The van der Waals surface area contributed by atoms with Crippen LogP contribution in [0.5, 0.6) is 0 Å². The molecule has 1 fully saturated rings. The van der Waals surface area contributed by atoms with Gasteiger partial charge in [-0.2, -0.15) is 0 Å². The molecular weight excluding hydrogens is 298 g/mol. The number of hydrogen-bond donors (Lipinski definition) is 2. The SMILES string of the molecule is Cn1c(=O)n(C2CCC(=O)NC2=O)c2cccc(C#CCO)c21. The van der Waals surface area contributed by atoms with Crippen molar-refractivity contribution in [2.75, 3.05) is 6.61 Å². The van der Waals surface area contributed by atoms with E-state index < -0.39 is 11.9 Å². The summed E-state index contributed by atoms with van der Waals surface area (Å²) in [6.07, 6.45) is 0.486. The fraction of sp³-hybridized carbons (Fsp3) is 0.312. The molecule has 2 amide bonds. The maximum absolute atomic E-state index is 12.6. The number of piperidine rings is 1. The first-order chi connectivity index (χ1) is 11.0. The van der Waals surface area contributed by atoms with E-state index in [1.54, 1.807) is 25.2 Å². The minimum Gasteiger partial charge on any atom is -0.384 e. The molecule has 2 heterocycles. The van der Waals surface area contributed by atoms with Crippen LogP contribution in [0.3, 0.4) is 0 Å². The zero-order valence-corrected chi connectivity index (χ0v) is 12.5. The molecular formula is C16H15N3O4. The average molecular weight is 313 g/mol. The molecule has 1 saturated heterocycles. The van der Waals surface area contributed by atoms with Crippen LogP contribution in [0, 0.1) is 11.8 Å². The van der Waals surface area contributed by atoms with Gasteiger partial charge in [0.15, 0.2) is 0 Å². The second-order valence-electron chi connectivity index (χ2n) is 5.31. The van der Waals surface area contributed by atoms with Crippen molar-refractivity contribution >= 4 is 22.8 Å². The number of fused-ring (bicyclic) bond motifs is 1. The molecule has 1 aliphatic rings. The molecule has 2 aromatic rings. The molecule has 1 aromatic carbocycles. The van der Waals surface area contributed by atoms with E-state index in [0.29, 0.717) is 16.6 Å². The molecule has 0 saturated carbocycles. The lowest BCUT2D eigenvalue weighted by Gasteiger charge is -2.21. The van der Waals surface area contributed by atoms with Crippen LogP contribution in [-0.4, -0.2) is 32.7 Å². The number of benzene rings is 1. The third-order valence-electron chi connectivity index (χ3n) is 3.93. The van der Waals surface area contributed by atoms with Crippen LogP contribution in [0.15, 0.2) is 23.0 Å². The van der Waals surface area contributed by atoms with Gasteiger partial charge in [-0.05, 0) is 18.6 Å². The van der Waals surface area contributed by atoms with Gasteiger partial charge in [-0.1, -0.05) is 17.9 Å². The molecule has 1 atom stereocenters. The average Bonchev–Trinajstić information content (AvgIpc) is 2.78. The van der Waals surface area contributed by atoms with E-state index in [4.69, 9.17) is 5.11 Å². The second-order valence-corrected chi connectivity index (χ2v) is 5.31. The third kappa shape index (κ3) is 2.43. The summed E-state index contributed by atoms with van der Waals surface area (Å²) >= 11 is 0. The number of rotatable bonds is 1. The van der Waals surface area contributed by atoms with Gasteiger partial charge in [0, 0.05) is 13.5 Å². The van der Waals surface area contributed by atoms with Gasteiger partial charge in [-0.25, -0.2) is 4.79 Å². The molecule has 0 aliphatic carbocycles. The number of imidazole rings is 1. The summed E-state index contributed by atoms with van der Waals surface area (Å²) < 4.78 is 2.83. The number of aromatic nitrogens is 2. The Morgan fingerprint density at radius 1 is 1.35 bits per heavy atom. The molecule has 0 spiro atoms. The number of aryl methyl sites for hydroxylation is 1. The van der Waals surface area contributed by atoms with Crippen molar-refractivity contribution in [2.24, 2.45) is 7.05 Å². The van der Waals surface area contributed by atoms with Crippen molar-refractivity contribution in [1.82, 2.24) is 14.5 Å². The quantitative estimate of drug-likeness (QED) is 0.556. The fourth-order valence-corrected chi connectivity index (χ4v) is 2.90. The predicted molar refractivity (Wildman–Crippen MR) is 82.6 cm³/mol. The Hall–Kier alpha value is -2.85. The van der Waals surface area contributed by atoms with E-state index in [9.17, 15) is 14.4 Å². The molecule has 1 aromatic heterocycles. The first-order valence-corrected chi connectivity index (χ1v) is 7.18. The smallest absolute Gasteiger partial charge is 0.329 e. The standard InChI is InChI=1S/C16H15N3O4/c1-18-14-10(5-3-9-20)4-2-6-11(14)19(16(18)23)12-7-8-13(21)17-15(12)22/h2,4,6,12,20H,7-9H2,1H3,(H,17,21,22). The maximum Gasteiger partial charge on any atom is 0.329 e. The van der Waals surface area contributed by atoms with Crippen LogP contribution in [-0.2, 0) is 16.6 Å². The summed E-state index contributed by atoms with van der Waals surface area (Å²) in [6, 6.07) is 4.51. The van der Waals surface area contributed by atoms with Gasteiger partial charge >= 0.3 is 5.69 Å². The molecule has 7 nitrogen and oxygen atoms in total. The van der Waals surface area contributed by atoms with Crippen LogP contribution in [0.25, 0.3) is 11.0 Å². The van der Waals surface area contributed by atoms with Crippen molar-refractivity contribution < 1.29 is 14.7 Å². The van der Waals surface area contributed by atoms with E-state index in [0.717, 1.165) is 0 Å². The number of para-hydroxylation sites is 1. The van der Waals surface area contributed by atoms with Crippen molar-refractivity contribution in [3.8, 4) is 11.8 Å². The Bertz CT molecular complexity index is 926. The Morgan fingerprint density at radius 2 is 2.13 bits per heavy atom. The number of amides is 2. The molecule has 118 valence electrons. The van der Waals surface area contributed by atoms with Gasteiger partial charge in [0.2, 0.25) is 11.8 Å². The predicted octanol–water partition coefficient (Wildman–Crippen LogP) is -0.338. The first-order valence-electron chi connectivity index (χ1n) is 7.18. The van der Waals surface area contributed by atoms with Crippen molar-refractivity contribution in [3.05, 3.63) is 34.2 Å². The van der Waals surface area contributed by atoms with Crippen LogP contribution in [0.1, 0.15) is 24.4 Å². The number of aliphatic hydroxyl groups is 1. The minimum atomic E-state index is -0.718. The zero-order valence-electron chi connectivity index (χ0n) is 12.5. The van der Waals surface area contributed by atoms with Crippen LogP contribution >= 0.6 is 0 Å². The van der Waals surface area contributed by atoms with E-state index >= 15 is 0 Å². The first kappa shape index (κ1) is 15.1. The second kappa shape index (κ2) is 5.74. The van der Waals surface area contributed by atoms with Gasteiger partial charge < -0.3 is 5.11 Å². The fourth-order valence-electron chi connectivity index (χ4n) is 2.90. The summed E-state index contributed by atoms with van der Waals surface area (Å²) in [5.41, 5.74) is 1.44. The largest absolute Gasteiger partial charge is 0.384 e. The van der Waals surface area contributed by atoms with E-state index in [1.807, 2.05) is 0 Å². The van der Waals surface area contributed by atoms with E-state index in [2.05, 4.69) is 17.2 Å². The highest BCUT2D eigenvalue weighted by atomic mass is 16.2. The third-order valence-corrected chi connectivity index (χ3v) is 3.93. The highest BCUT2D eigenvalue weighted by Gasteiger charge is 2.31. The summed E-state index contributed by atoms with van der Waals surface area (Å²) in [7, 11) is 1.61. The molecule has 0 radical (unpaired) electrons. The lowest BCUT2D eigenvalue weighted by atomic mass is 10.1. The Labute approximate surface area is 131 Å². The van der Waals surface area contributed by atoms with Gasteiger partial charge in [-0.15, -0.1) is 0 Å². The minimum absolute atomic E-state index is 0.198. The molecule has 7 heteroatoms. The number of imide groups is 1. The van der Waals surface area contributed by atoms with Crippen molar-refractivity contribution in [3.63, 3.8) is 0 Å². The molecule has 23 heavy (non-hydrogen) atoms. The number of nitrogens with zero attached hydrogens (tertiary/aromatic N) is 2. The highest BCUT2D eigenvalue weighted by molar-refractivity contribution is 6.00.